The van der Waals surface area contributed by atoms with E-state index in [2.05, 4.69) is 25.3 Å². The van der Waals surface area contributed by atoms with E-state index in [4.69, 9.17) is 5.11 Å². The van der Waals surface area contributed by atoms with Gasteiger partial charge in [0.15, 0.2) is 5.82 Å². The van der Waals surface area contributed by atoms with Crippen LogP contribution < -0.4 is 10.6 Å². The summed E-state index contributed by atoms with van der Waals surface area (Å²) >= 11 is 0. The molecule has 0 spiro atoms. The zero-order valence-corrected chi connectivity index (χ0v) is 10.8. The molecule has 106 valence electrons. The highest BCUT2D eigenvalue weighted by atomic mass is 16.5. The predicted octanol–water partition coefficient (Wildman–Crippen LogP) is 0.412. The fourth-order valence-electron chi connectivity index (χ4n) is 1.39. The highest BCUT2D eigenvalue weighted by Gasteiger charge is 2.10. The number of aromatic nitrogens is 2. The number of nitrogens with one attached hydrogen (secondary N) is 2. The summed E-state index contributed by atoms with van der Waals surface area (Å²) in [7, 11) is 0. The molecule has 3 N–H and O–H groups in total. The molecular weight excluding hydrogens is 252 g/mol. The molecule has 0 aromatic carbocycles. The van der Waals surface area contributed by atoms with E-state index in [1.165, 1.54) is 6.39 Å². The van der Waals surface area contributed by atoms with Gasteiger partial charge in [-0.05, 0) is 12.8 Å². The van der Waals surface area contributed by atoms with E-state index in [0.717, 1.165) is 0 Å². The lowest BCUT2D eigenvalue weighted by Gasteiger charge is -2.08. The van der Waals surface area contributed by atoms with Gasteiger partial charge in [0.25, 0.3) is 0 Å². The van der Waals surface area contributed by atoms with Crippen molar-refractivity contribution in [2.75, 3.05) is 13.1 Å². The molecule has 1 aromatic rings. The van der Waals surface area contributed by atoms with Crippen LogP contribution in [0.4, 0.5) is 4.79 Å². The number of carboxylic acid groups (broad SMARTS) is 1. The number of hydrogen-bond acceptors (Lipinski definition) is 5. The molecule has 0 bridgehead atoms. The minimum atomic E-state index is -0.815. The lowest BCUT2D eigenvalue weighted by molar-refractivity contribution is -0.141. The number of nitrogens with zero attached hydrogens (tertiary/aromatic N) is 2. The summed E-state index contributed by atoms with van der Waals surface area (Å²) in [5.74, 6) is -0.664. The second-order valence-corrected chi connectivity index (χ2v) is 4.16. The first kappa shape index (κ1) is 14.9. The van der Waals surface area contributed by atoms with Gasteiger partial charge in [-0.15, -0.1) is 0 Å². The molecule has 1 heterocycles. The molecule has 1 rings (SSSR count). The molecule has 1 aromatic heterocycles. The van der Waals surface area contributed by atoms with Crippen molar-refractivity contribution in [2.24, 2.45) is 5.92 Å². The van der Waals surface area contributed by atoms with E-state index in [9.17, 15) is 9.59 Å². The molecule has 8 heteroatoms. The van der Waals surface area contributed by atoms with E-state index >= 15 is 0 Å². The number of hydrogen-bond donors (Lipinski definition) is 3. The normalized spacial score (nSPS) is 11.8. The van der Waals surface area contributed by atoms with Crippen LogP contribution in [0.3, 0.4) is 0 Å². The SMILES string of the molecule is CC(CCCNC(=O)NCCc1ncon1)C(=O)O. The van der Waals surface area contributed by atoms with Gasteiger partial charge >= 0.3 is 12.0 Å². The molecular formula is C11H18N4O4. The van der Waals surface area contributed by atoms with E-state index in [-0.39, 0.29) is 11.9 Å². The average molecular weight is 270 g/mol. The summed E-state index contributed by atoms with van der Waals surface area (Å²) in [5.41, 5.74) is 0. The number of aliphatic carboxylic acids is 1. The van der Waals surface area contributed by atoms with Gasteiger partial charge in [-0.3, -0.25) is 4.79 Å². The third kappa shape index (κ3) is 6.39. The number of amides is 2. The standard InChI is InChI=1S/C11H18N4O4/c1-8(10(16)17)3-2-5-12-11(18)13-6-4-9-14-7-19-15-9/h7-8H,2-6H2,1H3,(H,16,17)(H2,12,13,18). The molecule has 0 saturated heterocycles. The van der Waals surface area contributed by atoms with E-state index in [1.54, 1.807) is 6.92 Å². The van der Waals surface area contributed by atoms with Gasteiger partial charge in [-0.2, -0.15) is 4.98 Å². The van der Waals surface area contributed by atoms with Crippen LogP contribution in [0.5, 0.6) is 0 Å². The molecule has 0 aliphatic heterocycles. The minimum absolute atomic E-state index is 0.286. The van der Waals surface area contributed by atoms with E-state index < -0.39 is 5.97 Å². The van der Waals surface area contributed by atoms with Crippen molar-refractivity contribution in [1.29, 1.82) is 0 Å². The second kappa shape index (κ2) is 8.06. The third-order valence-electron chi connectivity index (χ3n) is 2.56. The Morgan fingerprint density at radius 2 is 2.16 bits per heavy atom. The maximum absolute atomic E-state index is 11.3. The summed E-state index contributed by atoms with van der Waals surface area (Å²) in [6, 6.07) is -0.286. The molecule has 1 unspecified atom stereocenters. The van der Waals surface area contributed by atoms with Crippen molar-refractivity contribution in [3.05, 3.63) is 12.2 Å². The Labute approximate surface area is 110 Å². The van der Waals surface area contributed by atoms with E-state index in [1.807, 2.05) is 0 Å². The molecule has 8 nitrogen and oxygen atoms in total. The van der Waals surface area contributed by atoms with Crippen molar-refractivity contribution in [2.45, 2.75) is 26.2 Å². The Morgan fingerprint density at radius 1 is 1.42 bits per heavy atom. The third-order valence-corrected chi connectivity index (χ3v) is 2.56. The maximum atomic E-state index is 11.3. The van der Waals surface area contributed by atoms with Gasteiger partial charge in [0.2, 0.25) is 6.39 Å². The van der Waals surface area contributed by atoms with E-state index in [0.29, 0.717) is 38.2 Å². The van der Waals surface area contributed by atoms with Gasteiger partial charge in [-0.1, -0.05) is 12.1 Å². The van der Waals surface area contributed by atoms with Crippen molar-refractivity contribution in [1.82, 2.24) is 20.8 Å². The topological polar surface area (TPSA) is 117 Å². The fraction of sp³-hybridized carbons (Fsp3) is 0.636. The highest BCUT2D eigenvalue weighted by molar-refractivity contribution is 5.73. The van der Waals surface area contributed by atoms with Crippen LogP contribution in [-0.4, -0.2) is 40.3 Å². The lowest BCUT2D eigenvalue weighted by atomic mass is 10.1. The first-order valence-corrected chi connectivity index (χ1v) is 6.09. The number of rotatable bonds is 8. The first-order chi connectivity index (χ1) is 9.09. The van der Waals surface area contributed by atoms with Gasteiger partial charge in [0.05, 0.1) is 5.92 Å². The average Bonchev–Trinajstić information content (AvgIpc) is 2.87. The molecule has 1 atom stereocenters. The molecule has 2 amide bonds. The van der Waals surface area contributed by atoms with Crippen molar-refractivity contribution < 1.29 is 19.2 Å². The number of urea groups is 1. The van der Waals surface area contributed by atoms with Crippen LogP contribution in [0.25, 0.3) is 0 Å². The number of carbonyl (C=O) groups is 2. The monoisotopic (exact) mass is 270 g/mol. The summed E-state index contributed by atoms with van der Waals surface area (Å²) in [5, 5.41) is 17.6. The van der Waals surface area contributed by atoms with Crippen LogP contribution >= 0.6 is 0 Å². The largest absolute Gasteiger partial charge is 0.481 e. The Bertz CT molecular complexity index is 393. The summed E-state index contributed by atoms with van der Waals surface area (Å²) < 4.78 is 4.56. The summed E-state index contributed by atoms with van der Waals surface area (Å²) in [6.07, 6.45) is 2.91. The zero-order valence-electron chi connectivity index (χ0n) is 10.8. The minimum Gasteiger partial charge on any atom is -0.481 e. The molecule has 0 aliphatic carbocycles. The molecule has 0 aliphatic rings. The zero-order chi connectivity index (χ0) is 14.1. The first-order valence-electron chi connectivity index (χ1n) is 6.09. The Hall–Kier alpha value is -2.12. The predicted molar refractivity (Wildman–Crippen MR) is 65.4 cm³/mol. The second-order valence-electron chi connectivity index (χ2n) is 4.16. The fourth-order valence-corrected chi connectivity index (χ4v) is 1.39. The van der Waals surface area contributed by atoms with Gasteiger partial charge < -0.3 is 20.3 Å². The lowest BCUT2D eigenvalue weighted by Crippen LogP contribution is -2.37. The highest BCUT2D eigenvalue weighted by Crippen LogP contribution is 2.03. The molecule has 0 fully saturated rings. The maximum Gasteiger partial charge on any atom is 0.314 e. The van der Waals surface area contributed by atoms with Crippen LogP contribution in [0.15, 0.2) is 10.9 Å². The van der Waals surface area contributed by atoms with Crippen molar-refractivity contribution in [3.8, 4) is 0 Å². The van der Waals surface area contributed by atoms with Crippen molar-refractivity contribution >= 4 is 12.0 Å². The van der Waals surface area contributed by atoms with Gasteiger partial charge in [0.1, 0.15) is 0 Å². The van der Waals surface area contributed by atoms with Crippen LogP contribution in [-0.2, 0) is 11.2 Å². The summed E-state index contributed by atoms with van der Waals surface area (Å²) in [4.78, 5) is 25.7. The molecule has 19 heavy (non-hydrogen) atoms. The van der Waals surface area contributed by atoms with Crippen molar-refractivity contribution in [3.63, 3.8) is 0 Å². The summed E-state index contributed by atoms with van der Waals surface area (Å²) in [6.45, 7) is 2.51. The Kier molecular flexibility index (Phi) is 6.34. The van der Waals surface area contributed by atoms with Gasteiger partial charge in [-0.25, -0.2) is 4.79 Å². The van der Waals surface area contributed by atoms with Crippen LogP contribution in [0, 0.1) is 5.92 Å². The Morgan fingerprint density at radius 3 is 2.79 bits per heavy atom. The van der Waals surface area contributed by atoms with Crippen LogP contribution in [0.1, 0.15) is 25.6 Å². The Balaban J connectivity index is 2.00. The number of carboxylic acids is 1. The smallest absolute Gasteiger partial charge is 0.314 e. The molecule has 0 saturated carbocycles. The number of carbonyl (C=O) groups excluding carboxylic acids is 1. The molecule has 0 radical (unpaired) electrons. The quantitative estimate of drug-likeness (QED) is 0.589. The van der Waals surface area contributed by atoms with Gasteiger partial charge in [0, 0.05) is 19.5 Å². The van der Waals surface area contributed by atoms with Crippen LogP contribution in [0.2, 0.25) is 0 Å².